The summed E-state index contributed by atoms with van der Waals surface area (Å²) in [5.41, 5.74) is 5.24. The molecule has 2 aliphatic rings. The minimum absolute atomic E-state index is 0.00465. The van der Waals surface area contributed by atoms with E-state index in [1.165, 1.54) is 0 Å². The maximum absolute atomic E-state index is 11.7. The Morgan fingerprint density at radius 1 is 0.933 bits per heavy atom. The Balaban J connectivity index is 1.76. The van der Waals surface area contributed by atoms with Crippen molar-refractivity contribution in [3.63, 3.8) is 0 Å². The second-order valence-electron chi connectivity index (χ2n) is 4.73. The van der Waals surface area contributed by atoms with E-state index in [2.05, 4.69) is 5.32 Å². The third-order valence-corrected chi connectivity index (χ3v) is 3.42. The average Bonchev–Trinajstić information content (AvgIpc) is 3.02. The molecule has 0 aromatic rings. The predicted molar refractivity (Wildman–Crippen MR) is 55.8 cm³/mol. The highest BCUT2D eigenvalue weighted by atomic mass is 16.2. The molecule has 0 spiro atoms. The van der Waals surface area contributed by atoms with Crippen LogP contribution < -0.4 is 11.1 Å². The summed E-state index contributed by atoms with van der Waals surface area (Å²) in [4.78, 5) is 22.6. The largest absolute Gasteiger partial charge is 0.369 e. The fourth-order valence-electron chi connectivity index (χ4n) is 2.19. The van der Waals surface area contributed by atoms with Crippen LogP contribution in [0.5, 0.6) is 0 Å². The van der Waals surface area contributed by atoms with Gasteiger partial charge in [-0.05, 0) is 38.5 Å². The zero-order valence-electron chi connectivity index (χ0n) is 8.87. The number of hydrogen-bond donors (Lipinski definition) is 2. The van der Waals surface area contributed by atoms with Crippen LogP contribution in [0.4, 0.5) is 0 Å². The van der Waals surface area contributed by atoms with Crippen molar-refractivity contribution in [2.45, 2.75) is 44.6 Å². The van der Waals surface area contributed by atoms with Crippen molar-refractivity contribution in [1.29, 1.82) is 0 Å². The molecule has 0 heterocycles. The Morgan fingerprint density at radius 3 is 1.93 bits per heavy atom. The van der Waals surface area contributed by atoms with E-state index in [4.69, 9.17) is 5.73 Å². The Morgan fingerprint density at radius 2 is 1.47 bits per heavy atom. The standard InChI is InChI=1S/C11H18N2O2/c12-10(14)7-1-3-8(4-2-7)11(15)13-9-5-6-9/h7-9H,1-6H2,(H2,12,14)(H,13,15). The second kappa shape index (κ2) is 4.21. The highest BCUT2D eigenvalue weighted by molar-refractivity contribution is 5.80. The van der Waals surface area contributed by atoms with Crippen LogP contribution in [0, 0.1) is 11.8 Å². The van der Waals surface area contributed by atoms with E-state index < -0.39 is 0 Å². The summed E-state index contributed by atoms with van der Waals surface area (Å²) in [7, 11) is 0. The Kier molecular flexibility index (Phi) is 2.93. The molecule has 0 aliphatic heterocycles. The van der Waals surface area contributed by atoms with E-state index in [-0.39, 0.29) is 23.7 Å². The van der Waals surface area contributed by atoms with E-state index in [1.54, 1.807) is 0 Å². The quantitative estimate of drug-likeness (QED) is 0.714. The van der Waals surface area contributed by atoms with Crippen molar-refractivity contribution in [2.24, 2.45) is 17.6 Å². The van der Waals surface area contributed by atoms with Gasteiger partial charge in [-0.15, -0.1) is 0 Å². The molecule has 2 saturated carbocycles. The van der Waals surface area contributed by atoms with Gasteiger partial charge in [0.2, 0.25) is 11.8 Å². The van der Waals surface area contributed by atoms with Crippen LogP contribution in [0.2, 0.25) is 0 Å². The Labute approximate surface area is 89.6 Å². The molecule has 0 unspecified atom stereocenters. The molecule has 2 aliphatic carbocycles. The van der Waals surface area contributed by atoms with E-state index >= 15 is 0 Å². The summed E-state index contributed by atoms with van der Waals surface area (Å²) in [6, 6.07) is 0.436. The van der Waals surface area contributed by atoms with E-state index in [0.717, 1.165) is 38.5 Å². The molecule has 4 nitrogen and oxygen atoms in total. The molecule has 84 valence electrons. The van der Waals surface area contributed by atoms with Crippen LogP contribution >= 0.6 is 0 Å². The van der Waals surface area contributed by atoms with Crippen LogP contribution in [0.15, 0.2) is 0 Å². The van der Waals surface area contributed by atoms with E-state index in [9.17, 15) is 9.59 Å². The van der Waals surface area contributed by atoms with Gasteiger partial charge >= 0.3 is 0 Å². The van der Waals surface area contributed by atoms with Gasteiger partial charge in [-0.3, -0.25) is 9.59 Å². The first-order chi connectivity index (χ1) is 7.16. The van der Waals surface area contributed by atoms with Crippen molar-refractivity contribution in [2.75, 3.05) is 0 Å². The molecule has 0 radical (unpaired) electrons. The molecule has 3 N–H and O–H groups in total. The van der Waals surface area contributed by atoms with Gasteiger partial charge in [-0.1, -0.05) is 0 Å². The molecule has 2 fully saturated rings. The van der Waals surface area contributed by atoms with E-state index in [0.29, 0.717) is 6.04 Å². The number of rotatable bonds is 3. The lowest BCUT2D eigenvalue weighted by atomic mass is 9.81. The first kappa shape index (κ1) is 10.5. The fourth-order valence-corrected chi connectivity index (χ4v) is 2.19. The molecule has 0 bridgehead atoms. The molecular formula is C11H18N2O2. The van der Waals surface area contributed by atoms with Crippen LogP contribution in [0.25, 0.3) is 0 Å². The number of hydrogen-bond acceptors (Lipinski definition) is 2. The van der Waals surface area contributed by atoms with Crippen molar-refractivity contribution < 1.29 is 9.59 Å². The summed E-state index contributed by atoms with van der Waals surface area (Å²) in [5, 5.41) is 3.01. The lowest BCUT2D eigenvalue weighted by molar-refractivity contribution is -0.129. The average molecular weight is 210 g/mol. The van der Waals surface area contributed by atoms with Crippen molar-refractivity contribution >= 4 is 11.8 Å². The summed E-state index contributed by atoms with van der Waals surface area (Å²) >= 11 is 0. The Bertz CT molecular complexity index is 266. The minimum Gasteiger partial charge on any atom is -0.369 e. The van der Waals surface area contributed by atoms with Crippen molar-refractivity contribution in [3.05, 3.63) is 0 Å². The number of amides is 2. The molecule has 0 aromatic heterocycles. The third kappa shape index (κ3) is 2.70. The van der Waals surface area contributed by atoms with Crippen LogP contribution in [0.1, 0.15) is 38.5 Å². The lowest BCUT2D eigenvalue weighted by Crippen LogP contribution is -2.36. The Hall–Kier alpha value is -1.06. The molecule has 4 heteroatoms. The second-order valence-corrected chi connectivity index (χ2v) is 4.73. The summed E-state index contributed by atoms with van der Waals surface area (Å²) in [6.07, 6.45) is 5.43. The minimum atomic E-state index is -0.212. The molecule has 0 atom stereocenters. The first-order valence-corrected chi connectivity index (χ1v) is 5.76. The highest BCUT2D eigenvalue weighted by Gasteiger charge is 2.31. The number of nitrogens with one attached hydrogen (secondary N) is 1. The van der Waals surface area contributed by atoms with Crippen molar-refractivity contribution in [1.82, 2.24) is 5.32 Å². The van der Waals surface area contributed by atoms with Gasteiger partial charge in [-0.25, -0.2) is 0 Å². The molecule has 0 saturated heterocycles. The summed E-state index contributed by atoms with van der Waals surface area (Å²) < 4.78 is 0. The van der Waals surface area contributed by atoms with Gasteiger partial charge in [0.25, 0.3) is 0 Å². The zero-order chi connectivity index (χ0) is 10.8. The monoisotopic (exact) mass is 210 g/mol. The highest BCUT2D eigenvalue weighted by Crippen LogP contribution is 2.29. The third-order valence-electron chi connectivity index (χ3n) is 3.42. The van der Waals surface area contributed by atoms with Gasteiger partial charge in [0.1, 0.15) is 0 Å². The maximum Gasteiger partial charge on any atom is 0.223 e. The zero-order valence-corrected chi connectivity index (χ0v) is 8.87. The van der Waals surface area contributed by atoms with Gasteiger partial charge < -0.3 is 11.1 Å². The smallest absolute Gasteiger partial charge is 0.223 e. The summed E-state index contributed by atoms with van der Waals surface area (Å²) in [5.74, 6) is 0.0765. The SMILES string of the molecule is NC(=O)C1CCC(C(=O)NC2CC2)CC1. The molecular weight excluding hydrogens is 192 g/mol. The topological polar surface area (TPSA) is 72.2 Å². The van der Waals surface area contributed by atoms with Crippen LogP contribution in [-0.4, -0.2) is 17.9 Å². The number of carbonyl (C=O) groups is 2. The summed E-state index contributed by atoms with van der Waals surface area (Å²) in [6.45, 7) is 0. The van der Waals surface area contributed by atoms with Gasteiger partial charge in [0, 0.05) is 17.9 Å². The van der Waals surface area contributed by atoms with Gasteiger partial charge in [0.15, 0.2) is 0 Å². The molecule has 15 heavy (non-hydrogen) atoms. The van der Waals surface area contributed by atoms with Crippen LogP contribution in [0.3, 0.4) is 0 Å². The first-order valence-electron chi connectivity index (χ1n) is 5.76. The van der Waals surface area contributed by atoms with E-state index in [1.807, 2.05) is 0 Å². The lowest BCUT2D eigenvalue weighted by Gasteiger charge is -2.25. The number of nitrogens with two attached hydrogens (primary N) is 1. The van der Waals surface area contributed by atoms with Gasteiger partial charge in [0.05, 0.1) is 0 Å². The van der Waals surface area contributed by atoms with Crippen LogP contribution in [-0.2, 0) is 9.59 Å². The fraction of sp³-hybridized carbons (Fsp3) is 0.818. The normalized spacial score (nSPS) is 30.9. The molecule has 0 aromatic carbocycles. The predicted octanol–water partition coefficient (Wildman–Crippen LogP) is 0.557. The number of primary amides is 1. The maximum atomic E-state index is 11.7. The number of carbonyl (C=O) groups excluding carboxylic acids is 2. The molecule has 2 amide bonds. The van der Waals surface area contributed by atoms with Crippen molar-refractivity contribution in [3.8, 4) is 0 Å². The molecule has 2 rings (SSSR count). The van der Waals surface area contributed by atoms with Gasteiger partial charge in [-0.2, -0.15) is 0 Å².